The summed E-state index contributed by atoms with van der Waals surface area (Å²) in [5.41, 5.74) is 6.42. The first-order chi connectivity index (χ1) is 6.91. The zero-order chi connectivity index (χ0) is 11.5. The Hall–Kier alpha value is -1.51. The molecule has 0 aliphatic heterocycles. The number of nitrogens with one attached hydrogen (secondary N) is 1. The molecule has 0 bridgehead atoms. The van der Waals surface area contributed by atoms with Crippen molar-refractivity contribution in [1.29, 1.82) is 5.41 Å². The van der Waals surface area contributed by atoms with E-state index in [1.807, 2.05) is 24.3 Å². The number of hydrogen-bond acceptors (Lipinski definition) is 2. The van der Waals surface area contributed by atoms with E-state index in [4.69, 9.17) is 15.9 Å². The molecule has 0 unspecified atom stereocenters. The van der Waals surface area contributed by atoms with Crippen molar-refractivity contribution in [3.63, 3.8) is 0 Å². The second-order valence-electron chi connectivity index (χ2n) is 4.56. The summed E-state index contributed by atoms with van der Waals surface area (Å²) in [5, 5.41) is 7.12. The maximum absolute atomic E-state index is 7.12. The van der Waals surface area contributed by atoms with E-state index in [2.05, 4.69) is 20.8 Å². The Bertz CT molecular complexity index is 353. The smallest absolute Gasteiger partial charge is 0.145 e. The van der Waals surface area contributed by atoms with Gasteiger partial charge in [0.2, 0.25) is 0 Å². The molecule has 0 saturated heterocycles. The van der Waals surface area contributed by atoms with Crippen LogP contribution >= 0.6 is 0 Å². The third-order valence-electron chi connectivity index (χ3n) is 2.08. The van der Waals surface area contributed by atoms with Crippen LogP contribution in [0, 0.1) is 5.41 Å². The molecule has 0 heterocycles. The molecule has 0 spiro atoms. The van der Waals surface area contributed by atoms with Crippen molar-refractivity contribution in [3.05, 3.63) is 29.8 Å². The lowest BCUT2D eigenvalue weighted by atomic mass is 9.86. The van der Waals surface area contributed by atoms with Gasteiger partial charge in [0.05, 0.1) is 0 Å². The average molecular weight is 206 g/mol. The molecule has 0 radical (unpaired) electrons. The van der Waals surface area contributed by atoms with Crippen LogP contribution in [0.1, 0.15) is 26.3 Å². The fourth-order valence-corrected chi connectivity index (χ4v) is 1.37. The third kappa shape index (κ3) is 3.27. The molecule has 1 rings (SSSR count). The Balaban J connectivity index is 2.92. The summed E-state index contributed by atoms with van der Waals surface area (Å²) in [4.78, 5) is 0. The summed E-state index contributed by atoms with van der Waals surface area (Å²) in [6.07, 6.45) is 0. The van der Waals surface area contributed by atoms with E-state index in [0.717, 1.165) is 11.3 Å². The Morgan fingerprint density at radius 2 is 1.93 bits per heavy atom. The van der Waals surface area contributed by atoms with Gasteiger partial charge in [-0.1, -0.05) is 39.0 Å². The molecule has 1 aromatic carbocycles. The highest BCUT2D eigenvalue weighted by atomic mass is 16.5. The number of para-hydroxylation sites is 1. The van der Waals surface area contributed by atoms with Crippen LogP contribution in [0.2, 0.25) is 0 Å². The van der Waals surface area contributed by atoms with Gasteiger partial charge in [-0.3, -0.25) is 5.41 Å². The first kappa shape index (κ1) is 11.6. The molecule has 0 atom stereocenters. The maximum Gasteiger partial charge on any atom is 0.145 e. The number of benzene rings is 1. The molecule has 0 saturated carbocycles. The quantitative estimate of drug-likeness (QED) is 0.589. The van der Waals surface area contributed by atoms with Gasteiger partial charge in [0.25, 0.3) is 0 Å². The Labute approximate surface area is 90.8 Å². The van der Waals surface area contributed by atoms with Crippen LogP contribution in [0.5, 0.6) is 5.75 Å². The molecule has 3 N–H and O–H groups in total. The van der Waals surface area contributed by atoms with Gasteiger partial charge in [-0.25, -0.2) is 0 Å². The second kappa shape index (κ2) is 4.34. The molecule has 15 heavy (non-hydrogen) atoms. The van der Waals surface area contributed by atoms with E-state index < -0.39 is 0 Å². The summed E-state index contributed by atoms with van der Waals surface area (Å²) >= 11 is 0. The maximum atomic E-state index is 7.12. The van der Waals surface area contributed by atoms with E-state index >= 15 is 0 Å². The highest BCUT2D eigenvalue weighted by Gasteiger charge is 2.18. The predicted molar refractivity (Wildman–Crippen MR) is 62.6 cm³/mol. The first-order valence-corrected chi connectivity index (χ1v) is 4.96. The number of amidine groups is 1. The lowest BCUT2D eigenvalue weighted by molar-refractivity contribution is 0.361. The minimum Gasteiger partial charge on any atom is -0.485 e. The second-order valence-corrected chi connectivity index (χ2v) is 4.56. The fourth-order valence-electron chi connectivity index (χ4n) is 1.37. The molecule has 0 amide bonds. The largest absolute Gasteiger partial charge is 0.485 e. The van der Waals surface area contributed by atoms with Crippen LogP contribution in [0.25, 0.3) is 0 Å². The number of hydrogen-bond donors (Lipinski definition) is 2. The lowest BCUT2D eigenvalue weighted by Gasteiger charge is -2.22. The van der Waals surface area contributed by atoms with Crippen LogP contribution in [-0.2, 0) is 5.41 Å². The number of ether oxygens (including phenoxy) is 1. The molecule has 0 aliphatic carbocycles. The van der Waals surface area contributed by atoms with Gasteiger partial charge in [-0.15, -0.1) is 0 Å². The Kier molecular flexibility index (Phi) is 3.35. The van der Waals surface area contributed by atoms with Gasteiger partial charge < -0.3 is 10.5 Å². The third-order valence-corrected chi connectivity index (χ3v) is 2.08. The summed E-state index contributed by atoms with van der Waals surface area (Å²) in [6.45, 7) is 6.53. The lowest BCUT2D eigenvalue weighted by Crippen LogP contribution is -2.21. The number of nitrogens with two attached hydrogens (primary N) is 1. The molecule has 1 aromatic rings. The first-order valence-electron chi connectivity index (χ1n) is 4.96. The minimum atomic E-state index is 0.0351. The van der Waals surface area contributed by atoms with Crippen LogP contribution in [0.4, 0.5) is 0 Å². The molecule has 82 valence electrons. The SMILES string of the molecule is CC(C)(C)c1ccccc1OCC(=N)N. The van der Waals surface area contributed by atoms with Crippen molar-refractivity contribution in [2.24, 2.45) is 5.73 Å². The van der Waals surface area contributed by atoms with Crippen LogP contribution < -0.4 is 10.5 Å². The van der Waals surface area contributed by atoms with Crippen molar-refractivity contribution in [2.45, 2.75) is 26.2 Å². The van der Waals surface area contributed by atoms with E-state index in [1.54, 1.807) is 0 Å². The normalized spacial score (nSPS) is 11.1. The summed E-state index contributed by atoms with van der Waals surface area (Å²) < 4.78 is 5.48. The van der Waals surface area contributed by atoms with E-state index in [0.29, 0.717) is 0 Å². The topological polar surface area (TPSA) is 59.1 Å². The van der Waals surface area contributed by atoms with Crippen molar-refractivity contribution in [1.82, 2.24) is 0 Å². The molecule has 0 fully saturated rings. The van der Waals surface area contributed by atoms with Gasteiger partial charge in [0.1, 0.15) is 18.2 Å². The Morgan fingerprint density at radius 3 is 2.47 bits per heavy atom. The van der Waals surface area contributed by atoms with Crippen LogP contribution in [0.15, 0.2) is 24.3 Å². The summed E-state index contributed by atoms with van der Waals surface area (Å²) in [5.74, 6) is 0.846. The molecule has 0 aliphatic rings. The highest BCUT2D eigenvalue weighted by molar-refractivity contribution is 5.78. The standard InChI is InChI=1S/C12H18N2O/c1-12(2,3)9-6-4-5-7-10(9)15-8-11(13)14/h4-7H,8H2,1-3H3,(H3,13,14). The molecular formula is C12H18N2O. The van der Waals surface area contributed by atoms with Crippen LogP contribution in [-0.4, -0.2) is 12.4 Å². The summed E-state index contributed by atoms with van der Waals surface area (Å²) in [7, 11) is 0. The zero-order valence-corrected chi connectivity index (χ0v) is 9.50. The molecular weight excluding hydrogens is 188 g/mol. The predicted octanol–water partition coefficient (Wildman–Crippen LogP) is 2.30. The van der Waals surface area contributed by atoms with Gasteiger partial charge in [0, 0.05) is 0 Å². The fraction of sp³-hybridized carbons (Fsp3) is 0.417. The van der Waals surface area contributed by atoms with Gasteiger partial charge in [-0.2, -0.15) is 0 Å². The van der Waals surface area contributed by atoms with E-state index in [-0.39, 0.29) is 17.9 Å². The summed E-state index contributed by atoms with van der Waals surface area (Å²) in [6, 6.07) is 7.85. The number of rotatable bonds is 3. The van der Waals surface area contributed by atoms with E-state index in [1.165, 1.54) is 0 Å². The van der Waals surface area contributed by atoms with E-state index in [9.17, 15) is 0 Å². The van der Waals surface area contributed by atoms with Crippen molar-refractivity contribution >= 4 is 5.84 Å². The van der Waals surface area contributed by atoms with Crippen molar-refractivity contribution < 1.29 is 4.74 Å². The average Bonchev–Trinajstić information content (AvgIpc) is 2.13. The van der Waals surface area contributed by atoms with Gasteiger partial charge in [0.15, 0.2) is 0 Å². The van der Waals surface area contributed by atoms with Crippen molar-refractivity contribution in [2.75, 3.05) is 6.61 Å². The molecule has 0 aromatic heterocycles. The van der Waals surface area contributed by atoms with Crippen LogP contribution in [0.3, 0.4) is 0 Å². The molecule has 3 heteroatoms. The monoisotopic (exact) mass is 206 g/mol. The van der Waals surface area contributed by atoms with Gasteiger partial charge >= 0.3 is 0 Å². The minimum absolute atomic E-state index is 0.0351. The zero-order valence-electron chi connectivity index (χ0n) is 9.50. The van der Waals surface area contributed by atoms with Crippen molar-refractivity contribution in [3.8, 4) is 5.75 Å². The van der Waals surface area contributed by atoms with Gasteiger partial charge in [-0.05, 0) is 17.0 Å². The molecule has 3 nitrogen and oxygen atoms in total. The highest BCUT2D eigenvalue weighted by Crippen LogP contribution is 2.30. The Morgan fingerprint density at radius 1 is 1.33 bits per heavy atom.